The highest BCUT2D eigenvalue weighted by Gasteiger charge is 2.32. The zero-order chi connectivity index (χ0) is 26.5. The Hall–Kier alpha value is -3.76. The summed E-state index contributed by atoms with van der Waals surface area (Å²) in [6, 6.07) is 11.5. The molecule has 5 nitrogen and oxygen atoms in total. The first-order valence-corrected chi connectivity index (χ1v) is 12.1. The lowest BCUT2D eigenvalue weighted by molar-refractivity contribution is -0.671. The van der Waals surface area contributed by atoms with Gasteiger partial charge in [0.25, 0.3) is 11.5 Å². The summed E-state index contributed by atoms with van der Waals surface area (Å²) in [5.41, 5.74) is -0.419. The van der Waals surface area contributed by atoms with Crippen LogP contribution in [0.2, 0.25) is 4.47 Å². The van der Waals surface area contributed by atoms with E-state index in [9.17, 15) is 27.5 Å². The van der Waals surface area contributed by atoms with Gasteiger partial charge in [0.1, 0.15) is 12.4 Å². The lowest BCUT2D eigenvalue weighted by atomic mass is 9.98. The van der Waals surface area contributed by atoms with Gasteiger partial charge >= 0.3 is 11.7 Å². The van der Waals surface area contributed by atoms with Crippen molar-refractivity contribution in [1.82, 2.24) is 9.38 Å². The van der Waals surface area contributed by atoms with Crippen LogP contribution in [-0.2, 0) is 12.7 Å². The molecule has 0 amide bonds. The Balaban J connectivity index is 1.74. The molecule has 3 heterocycles. The maximum Gasteiger partial charge on any atom is 0.416 e. The molecule has 0 aliphatic rings. The number of aromatic nitrogens is 3. The molecule has 0 fully saturated rings. The molecule has 0 spiro atoms. The van der Waals surface area contributed by atoms with Gasteiger partial charge in [-0.1, -0.05) is 29.8 Å². The number of rotatable bonds is 4. The maximum absolute atomic E-state index is 14.6. The molecular formula is C26H17ClF4N3O2S+. The van der Waals surface area contributed by atoms with Crippen LogP contribution in [-0.4, -0.2) is 14.5 Å². The number of thiazole rings is 1. The van der Waals surface area contributed by atoms with E-state index >= 15 is 0 Å². The number of alkyl halides is 3. The maximum atomic E-state index is 14.6. The zero-order valence-corrected chi connectivity index (χ0v) is 20.6. The van der Waals surface area contributed by atoms with Crippen molar-refractivity contribution in [2.24, 2.45) is 0 Å². The van der Waals surface area contributed by atoms with Gasteiger partial charge in [-0.05, 0) is 54.4 Å². The first-order chi connectivity index (χ1) is 17.5. The highest BCUT2D eigenvalue weighted by Crippen LogP contribution is 2.35. The number of pyridine rings is 1. The van der Waals surface area contributed by atoms with Gasteiger partial charge in [-0.15, -0.1) is 11.3 Å². The third-order valence-electron chi connectivity index (χ3n) is 5.93. The predicted octanol–water partition coefficient (Wildman–Crippen LogP) is 6.25. The third kappa shape index (κ3) is 4.58. The van der Waals surface area contributed by atoms with Crippen LogP contribution in [0.15, 0.2) is 71.8 Å². The van der Waals surface area contributed by atoms with Crippen molar-refractivity contribution >= 4 is 28.6 Å². The van der Waals surface area contributed by atoms with E-state index in [1.54, 1.807) is 31.5 Å². The fourth-order valence-electron chi connectivity index (χ4n) is 4.25. The smallest absolute Gasteiger partial charge is 0.416 e. The van der Waals surface area contributed by atoms with Gasteiger partial charge in [0.2, 0.25) is 0 Å². The summed E-state index contributed by atoms with van der Waals surface area (Å²) >= 11 is 7.19. The van der Waals surface area contributed by atoms with Crippen molar-refractivity contribution in [1.29, 1.82) is 0 Å². The molecule has 0 aliphatic carbocycles. The quantitative estimate of drug-likeness (QED) is 0.214. The highest BCUT2D eigenvalue weighted by molar-refractivity contribution is 7.15. The summed E-state index contributed by atoms with van der Waals surface area (Å²) in [5, 5.41) is 11.4. The second kappa shape index (κ2) is 9.28. The Kier molecular flexibility index (Phi) is 6.25. The number of hydrogen-bond donors (Lipinski definition) is 1. The topological polar surface area (TPSA) is 58.5 Å². The molecule has 1 N–H and O–H groups in total. The molecule has 0 radical (unpaired) electrons. The molecular weight excluding hydrogens is 530 g/mol. The van der Waals surface area contributed by atoms with Crippen molar-refractivity contribution in [3.05, 3.63) is 104 Å². The van der Waals surface area contributed by atoms with Crippen LogP contribution in [0.25, 0.3) is 27.9 Å². The number of aromatic hydroxyl groups is 1. The summed E-state index contributed by atoms with van der Waals surface area (Å²) in [4.78, 5) is 18.3. The molecule has 0 saturated heterocycles. The molecule has 0 saturated carbocycles. The summed E-state index contributed by atoms with van der Waals surface area (Å²) in [6.07, 6.45) is -1.53. The van der Waals surface area contributed by atoms with E-state index in [0.29, 0.717) is 16.2 Å². The number of hydrogen-bond acceptors (Lipinski definition) is 4. The van der Waals surface area contributed by atoms with E-state index in [2.05, 4.69) is 4.98 Å². The molecule has 11 heteroatoms. The molecule has 188 valence electrons. The fourth-order valence-corrected chi connectivity index (χ4v) is 5.21. The molecule has 0 unspecified atom stereocenters. The molecule has 0 aliphatic heterocycles. The molecule has 5 rings (SSSR count). The summed E-state index contributed by atoms with van der Waals surface area (Å²) in [5.74, 6) is -1.21. The standard InChI is InChI=1S/C26H16ClF4N3O2S/c1-14-4-3-9-33-22(14)34(13-18-12-32-25(27)37-18)24(36)21(23(33)35)16-6-2-5-15(10-16)19-11-17(26(29,30)31)7-8-20(19)28/h2-12H,13H2,1H3/p+1. The van der Waals surface area contributed by atoms with Crippen LogP contribution < -0.4 is 10.1 Å². The van der Waals surface area contributed by atoms with E-state index in [1.165, 1.54) is 44.6 Å². The summed E-state index contributed by atoms with van der Waals surface area (Å²) in [7, 11) is 0. The average Bonchev–Trinajstić information content (AvgIpc) is 3.26. The lowest BCUT2D eigenvalue weighted by Gasteiger charge is -2.13. The lowest BCUT2D eigenvalue weighted by Crippen LogP contribution is -2.41. The minimum atomic E-state index is -4.65. The third-order valence-corrected chi connectivity index (χ3v) is 7.02. The van der Waals surface area contributed by atoms with Crippen molar-refractivity contribution in [3.8, 4) is 28.1 Å². The number of fused-ring (bicyclic) bond motifs is 1. The molecule has 0 atom stereocenters. The highest BCUT2D eigenvalue weighted by atomic mass is 35.5. The van der Waals surface area contributed by atoms with Gasteiger partial charge in [0.05, 0.1) is 16.6 Å². The summed E-state index contributed by atoms with van der Waals surface area (Å²) in [6.45, 7) is 1.95. The molecule has 3 aromatic heterocycles. The fraction of sp³-hybridized carbons (Fsp3) is 0.115. The number of halogens is 5. The predicted molar refractivity (Wildman–Crippen MR) is 132 cm³/mol. The normalized spacial score (nSPS) is 11.8. The Labute approximate surface area is 216 Å². The molecule has 5 aromatic rings. The summed E-state index contributed by atoms with van der Waals surface area (Å²) < 4.78 is 57.6. The van der Waals surface area contributed by atoms with Crippen molar-refractivity contribution < 1.29 is 27.2 Å². The minimum Gasteiger partial charge on any atom is -0.477 e. The average molecular weight is 547 g/mol. The van der Waals surface area contributed by atoms with Gasteiger partial charge < -0.3 is 5.11 Å². The van der Waals surface area contributed by atoms with Gasteiger partial charge in [0, 0.05) is 17.3 Å². The number of benzene rings is 2. The minimum absolute atomic E-state index is 0.0899. The number of nitrogens with zero attached hydrogens (tertiary/aromatic N) is 3. The Morgan fingerprint density at radius 2 is 1.86 bits per heavy atom. The molecule has 2 aromatic carbocycles. The largest absolute Gasteiger partial charge is 0.477 e. The van der Waals surface area contributed by atoms with E-state index in [0.717, 1.165) is 22.6 Å². The number of aryl methyl sites for hydroxylation is 1. The monoisotopic (exact) mass is 546 g/mol. The van der Waals surface area contributed by atoms with E-state index in [4.69, 9.17) is 11.6 Å². The van der Waals surface area contributed by atoms with Crippen molar-refractivity contribution in [2.75, 3.05) is 0 Å². The first kappa shape index (κ1) is 24.9. The SMILES string of the molecule is Cc1cccn2c(=O)c(-c3cccc(-c4cc(C(F)(F)F)ccc4F)c3)c(O)[n+](Cc3cnc(Cl)s3)c12. The van der Waals surface area contributed by atoms with Crippen molar-refractivity contribution in [2.45, 2.75) is 19.6 Å². The molecule has 0 bridgehead atoms. The van der Waals surface area contributed by atoms with Crippen LogP contribution in [0.5, 0.6) is 5.88 Å². The zero-order valence-electron chi connectivity index (χ0n) is 19.1. The van der Waals surface area contributed by atoms with Gasteiger partial charge in [-0.3, -0.25) is 0 Å². The van der Waals surface area contributed by atoms with E-state index in [1.807, 2.05) is 0 Å². The van der Waals surface area contributed by atoms with Gasteiger partial charge in [-0.2, -0.15) is 22.1 Å². The van der Waals surface area contributed by atoms with E-state index in [-0.39, 0.29) is 34.7 Å². The van der Waals surface area contributed by atoms with Crippen LogP contribution >= 0.6 is 22.9 Å². The van der Waals surface area contributed by atoms with Crippen LogP contribution in [0.4, 0.5) is 17.6 Å². The van der Waals surface area contributed by atoms with Crippen LogP contribution in [0, 0.1) is 12.7 Å². The second-order valence-electron chi connectivity index (χ2n) is 8.33. The van der Waals surface area contributed by atoms with Crippen molar-refractivity contribution in [3.63, 3.8) is 0 Å². The van der Waals surface area contributed by atoms with Gasteiger partial charge in [0.15, 0.2) is 10.0 Å². The van der Waals surface area contributed by atoms with E-state index < -0.39 is 23.1 Å². The molecule has 37 heavy (non-hydrogen) atoms. The second-order valence-corrected chi connectivity index (χ2v) is 10.0. The Bertz CT molecular complexity index is 1730. The van der Waals surface area contributed by atoms with Crippen LogP contribution in [0.1, 0.15) is 16.0 Å². The van der Waals surface area contributed by atoms with Gasteiger partial charge in [-0.25, -0.2) is 14.2 Å². The van der Waals surface area contributed by atoms with Crippen LogP contribution in [0.3, 0.4) is 0 Å². The Morgan fingerprint density at radius 1 is 1.11 bits per heavy atom. The Morgan fingerprint density at radius 3 is 2.57 bits per heavy atom. The first-order valence-electron chi connectivity index (χ1n) is 10.9.